The van der Waals surface area contributed by atoms with Gasteiger partial charge >= 0.3 is 6.18 Å². The molecule has 2 heterocycles. The van der Waals surface area contributed by atoms with E-state index >= 15 is 0 Å². The average Bonchev–Trinajstić information content (AvgIpc) is 3.14. The van der Waals surface area contributed by atoms with Crippen LogP contribution in [-0.2, 0) is 6.18 Å². The van der Waals surface area contributed by atoms with Gasteiger partial charge in [-0.05, 0) is 62.9 Å². The van der Waals surface area contributed by atoms with Crippen molar-refractivity contribution >= 4 is 5.82 Å². The minimum Gasteiger partial charge on any atom is -0.355 e. The second-order valence-corrected chi connectivity index (χ2v) is 9.29. The van der Waals surface area contributed by atoms with E-state index in [0.29, 0.717) is 11.6 Å². The zero-order chi connectivity index (χ0) is 25.3. The molecule has 190 valence electrons. The predicted octanol–water partition coefficient (Wildman–Crippen LogP) is 6.31. The molecule has 1 aromatic heterocycles. The summed E-state index contributed by atoms with van der Waals surface area (Å²) >= 11 is 0. The number of likely N-dealkylation sites (tertiary alicyclic amines) is 1. The van der Waals surface area contributed by atoms with Crippen molar-refractivity contribution in [2.45, 2.75) is 66.1 Å². The van der Waals surface area contributed by atoms with Crippen LogP contribution in [0.1, 0.15) is 58.2 Å². The summed E-state index contributed by atoms with van der Waals surface area (Å²) in [4.78, 5) is 14.3. The molecule has 34 heavy (non-hydrogen) atoms. The van der Waals surface area contributed by atoms with Crippen LogP contribution < -0.4 is 4.90 Å². The number of hydrogen-bond donors (Lipinski definition) is 0. The summed E-state index contributed by atoms with van der Waals surface area (Å²) in [6, 6.07) is 7.21. The number of nitrogens with zero attached hydrogens (tertiary/aromatic N) is 5. The lowest BCUT2D eigenvalue weighted by molar-refractivity contribution is -0.137. The Labute approximate surface area is 201 Å². The molecule has 6 nitrogen and oxygen atoms in total. The van der Waals surface area contributed by atoms with Crippen LogP contribution in [-0.4, -0.2) is 53.4 Å². The van der Waals surface area contributed by atoms with Gasteiger partial charge in [-0.25, -0.2) is 4.68 Å². The van der Waals surface area contributed by atoms with Crippen molar-refractivity contribution in [3.63, 3.8) is 0 Å². The van der Waals surface area contributed by atoms with Crippen molar-refractivity contribution in [1.82, 2.24) is 14.7 Å². The zero-order valence-corrected chi connectivity index (χ0v) is 21.0. The third-order valence-corrected chi connectivity index (χ3v) is 5.73. The summed E-state index contributed by atoms with van der Waals surface area (Å²) in [5.74, 6) is 1.48. The maximum absolute atomic E-state index is 12.7. The largest absolute Gasteiger partial charge is 0.416 e. The van der Waals surface area contributed by atoms with E-state index in [2.05, 4.69) is 47.8 Å². The minimum atomic E-state index is -4.32. The molecule has 1 aliphatic rings. The molecule has 1 fully saturated rings. The molecule has 1 aromatic carbocycles. The number of halogens is 3. The van der Waals surface area contributed by atoms with Gasteiger partial charge in [-0.2, -0.15) is 23.2 Å². The molecule has 1 aliphatic heterocycles. The van der Waals surface area contributed by atoms with Gasteiger partial charge in [0, 0.05) is 37.9 Å². The average molecular weight is 482 g/mol. The van der Waals surface area contributed by atoms with Gasteiger partial charge in [-0.15, -0.1) is 0 Å². The number of aryl methyl sites for hydroxylation is 1. The summed E-state index contributed by atoms with van der Waals surface area (Å²) in [6.45, 7) is 15.3. The summed E-state index contributed by atoms with van der Waals surface area (Å²) in [7, 11) is 0. The molecule has 0 aliphatic carbocycles. The van der Waals surface area contributed by atoms with Crippen LogP contribution in [0.2, 0.25) is 0 Å². The molecule has 0 radical (unpaired) electrons. The summed E-state index contributed by atoms with van der Waals surface area (Å²) in [5.41, 5.74) is 0.892. The van der Waals surface area contributed by atoms with E-state index in [-0.39, 0.29) is 6.04 Å². The molecule has 0 spiro atoms. The highest BCUT2D eigenvalue weighted by Crippen LogP contribution is 2.30. The fourth-order valence-corrected chi connectivity index (χ4v) is 3.80. The Morgan fingerprint density at radius 3 is 2.26 bits per heavy atom. The fraction of sp³-hybridized carbons (Fsp3) is 0.640. The molecular weight excluding hydrogens is 443 g/mol. The van der Waals surface area contributed by atoms with Gasteiger partial charge in [0.25, 0.3) is 0 Å². The molecule has 2 aromatic rings. The highest BCUT2D eigenvalue weighted by Gasteiger charge is 2.30. The summed E-state index contributed by atoms with van der Waals surface area (Å²) < 4.78 is 39.9. The van der Waals surface area contributed by atoms with Crippen molar-refractivity contribution in [3.05, 3.63) is 46.5 Å². The first kappa shape index (κ1) is 27.8. The maximum atomic E-state index is 12.7. The van der Waals surface area contributed by atoms with Crippen LogP contribution in [0.4, 0.5) is 19.0 Å². The number of anilines is 1. The Kier molecular flexibility index (Phi) is 10.5. The lowest BCUT2D eigenvalue weighted by Gasteiger charge is -2.34. The van der Waals surface area contributed by atoms with E-state index in [1.807, 2.05) is 13.0 Å². The number of hydrogen-bond acceptors (Lipinski definition) is 5. The van der Waals surface area contributed by atoms with Crippen molar-refractivity contribution in [2.75, 3.05) is 37.6 Å². The number of benzene rings is 1. The predicted molar refractivity (Wildman–Crippen MR) is 132 cm³/mol. The second kappa shape index (κ2) is 12.9. The van der Waals surface area contributed by atoms with E-state index in [9.17, 15) is 18.1 Å². The first-order valence-electron chi connectivity index (χ1n) is 12.1. The third-order valence-electron chi connectivity index (χ3n) is 5.73. The van der Waals surface area contributed by atoms with Gasteiger partial charge in [-0.3, -0.25) is 4.90 Å². The van der Waals surface area contributed by atoms with Crippen LogP contribution >= 0.6 is 0 Å². The number of rotatable bonds is 10. The van der Waals surface area contributed by atoms with Crippen LogP contribution in [0.25, 0.3) is 5.69 Å². The number of aromatic nitrogens is 2. The van der Waals surface area contributed by atoms with Crippen molar-refractivity contribution in [3.8, 4) is 5.69 Å². The first-order valence-corrected chi connectivity index (χ1v) is 12.1. The SMILES string of the molecule is CCCN(CCC(C)C)c1cc(C)n(-c2ccc(C(F)(F)F)cc2)n1.CCCN1CC(N=O)C1. The summed E-state index contributed by atoms with van der Waals surface area (Å²) in [5, 5.41) is 7.56. The Morgan fingerprint density at radius 2 is 1.76 bits per heavy atom. The van der Waals surface area contributed by atoms with Gasteiger partial charge in [0.05, 0.1) is 11.3 Å². The number of nitroso groups, excluding NO2 is 1. The van der Waals surface area contributed by atoms with Gasteiger partial charge in [0.15, 0.2) is 5.82 Å². The standard InChI is InChI=1S/C19H26F3N3.C6H12N2O/c1-5-11-24(12-10-14(2)3)18-13-15(4)25(23-18)17-8-6-16(7-9-17)19(20,21)22;1-2-3-8-4-6(5-8)7-9/h6-9,13-14H,5,10-12H2,1-4H3;6H,2-5H2,1H3. The van der Waals surface area contributed by atoms with Crippen molar-refractivity contribution in [2.24, 2.45) is 11.1 Å². The first-order chi connectivity index (χ1) is 16.1. The minimum absolute atomic E-state index is 0.0940. The fourth-order valence-electron chi connectivity index (χ4n) is 3.80. The highest BCUT2D eigenvalue weighted by atomic mass is 19.4. The Morgan fingerprint density at radius 1 is 1.12 bits per heavy atom. The second-order valence-electron chi connectivity index (χ2n) is 9.29. The van der Waals surface area contributed by atoms with Gasteiger partial charge < -0.3 is 4.90 Å². The molecular formula is C25H38F3N5O. The lowest BCUT2D eigenvalue weighted by Crippen LogP contribution is -2.49. The molecule has 0 N–H and O–H groups in total. The Balaban J connectivity index is 0.000000379. The van der Waals surface area contributed by atoms with Crippen LogP contribution in [0.15, 0.2) is 35.5 Å². The molecule has 9 heteroatoms. The third kappa shape index (κ3) is 8.11. The van der Waals surface area contributed by atoms with Crippen LogP contribution in [0.3, 0.4) is 0 Å². The Bertz CT molecular complexity index is 874. The quantitative estimate of drug-likeness (QED) is 0.373. The van der Waals surface area contributed by atoms with Crippen LogP contribution in [0.5, 0.6) is 0 Å². The monoisotopic (exact) mass is 481 g/mol. The van der Waals surface area contributed by atoms with Gasteiger partial charge in [-0.1, -0.05) is 32.9 Å². The molecule has 3 rings (SSSR count). The van der Waals surface area contributed by atoms with E-state index in [1.165, 1.54) is 18.6 Å². The molecule has 0 bridgehead atoms. The smallest absolute Gasteiger partial charge is 0.355 e. The number of alkyl halides is 3. The summed E-state index contributed by atoms with van der Waals surface area (Å²) in [6.07, 6.45) is -1.06. The van der Waals surface area contributed by atoms with E-state index in [0.717, 1.165) is 69.2 Å². The van der Waals surface area contributed by atoms with Gasteiger partial charge in [0.2, 0.25) is 0 Å². The maximum Gasteiger partial charge on any atom is 0.416 e. The topological polar surface area (TPSA) is 53.7 Å². The van der Waals surface area contributed by atoms with Crippen molar-refractivity contribution < 1.29 is 13.2 Å². The molecule has 1 saturated heterocycles. The van der Waals surface area contributed by atoms with E-state index < -0.39 is 11.7 Å². The molecule has 0 amide bonds. The lowest BCUT2D eigenvalue weighted by atomic mass is 10.1. The highest BCUT2D eigenvalue weighted by molar-refractivity contribution is 5.44. The Hall–Kier alpha value is -2.42. The van der Waals surface area contributed by atoms with Crippen molar-refractivity contribution in [1.29, 1.82) is 0 Å². The van der Waals surface area contributed by atoms with Gasteiger partial charge in [0.1, 0.15) is 6.04 Å². The molecule has 0 atom stereocenters. The zero-order valence-electron chi connectivity index (χ0n) is 21.0. The molecule has 0 unspecified atom stereocenters. The van der Waals surface area contributed by atoms with E-state index in [4.69, 9.17) is 0 Å². The normalized spacial score (nSPS) is 14.5. The van der Waals surface area contributed by atoms with Crippen LogP contribution in [0, 0.1) is 17.7 Å². The van der Waals surface area contributed by atoms with E-state index in [1.54, 1.807) is 4.68 Å². The molecule has 0 saturated carbocycles.